The molecule has 2 aromatic heterocycles. The zero-order chi connectivity index (χ0) is 25.6. The molecule has 0 saturated carbocycles. The number of benzene rings is 1. The molecule has 36 heavy (non-hydrogen) atoms. The van der Waals surface area contributed by atoms with Gasteiger partial charge in [-0.05, 0) is 64.8 Å². The molecule has 0 radical (unpaired) electrons. The van der Waals surface area contributed by atoms with E-state index in [0.717, 1.165) is 40.1 Å². The van der Waals surface area contributed by atoms with Crippen molar-refractivity contribution in [1.29, 1.82) is 0 Å². The van der Waals surface area contributed by atoms with E-state index in [0.29, 0.717) is 37.7 Å². The number of carbonyl (C=O) groups is 1. The Balaban J connectivity index is 1.82. The summed E-state index contributed by atoms with van der Waals surface area (Å²) in [5.74, 6) is 1.47. The fraction of sp³-hybridized carbons (Fsp3) is 0.448. The number of aromatic nitrogens is 2. The molecule has 0 spiro atoms. The summed E-state index contributed by atoms with van der Waals surface area (Å²) in [6.45, 7) is 12.4. The first kappa shape index (κ1) is 24.4. The van der Waals surface area contributed by atoms with Gasteiger partial charge in [0.1, 0.15) is 5.69 Å². The number of methoxy groups -OCH3 is 1. The third-order valence-electron chi connectivity index (χ3n) is 6.89. The van der Waals surface area contributed by atoms with Crippen LogP contribution in [0.15, 0.2) is 36.7 Å². The smallest absolute Gasteiger partial charge is 0.271 e. The number of ether oxygens (including phenoxy) is 3. The molecule has 0 saturated heterocycles. The molecule has 4 heterocycles. The van der Waals surface area contributed by atoms with Crippen LogP contribution in [0.5, 0.6) is 11.5 Å². The van der Waals surface area contributed by atoms with Crippen LogP contribution in [0.2, 0.25) is 0 Å². The van der Waals surface area contributed by atoms with Gasteiger partial charge in [0.05, 0.1) is 32.1 Å². The van der Waals surface area contributed by atoms with Gasteiger partial charge < -0.3 is 23.7 Å². The Morgan fingerprint density at radius 2 is 1.92 bits per heavy atom. The van der Waals surface area contributed by atoms with E-state index >= 15 is 0 Å². The Morgan fingerprint density at radius 1 is 1.11 bits per heavy atom. The van der Waals surface area contributed by atoms with Gasteiger partial charge in [0.2, 0.25) is 0 Å². The minimum Gasteiger partial charge on any atom is -0.493 e. The third-order valence-corrected chi connectivity index (χ3v) is 6.89. The molecule has 0 unspecified atom stereocenters. The number of amides is 1. The van der Waals surface area contributed by atoms with Crippen LogP contribution >= 0.6 is 0 Å². The van der Waals surface area contributed by atoms with Crippen molar-refractivity contribution in [2.75, 3.05) is 20.3 Å². The van der Waals surface area contributed by atoms with E-state index in [1.165, 1.54) is 5.56 Å². The molecule has 1 aromatic carbocycles. The lowest BCUT2D eigenvalue weighted by atomic mass is 9.92. The van der Waals surface area contributed by atoms with Crippen molar-refractivity contribution in [3.8, 4) is 33.9 Å². The maximum absolute atomic E-state index is 14.2. The predicted molar refractivity (Wildman–Crippen MR) is 140 cm³/mol. The lowest BCUT2D eigenvalue weighted by Crippen LogP contribution is -2.49. The number of hydrogen-bond donors (Lipinski definition) is 0. The monoisotopic (exact) mass is 489 g/mol. The first-order chi connectivity index (χ1) is 17.2. The van der Waals surface area contributed by atoms with Crippen LogP contribution in [0.3, 0.4) is 0 Å². The Kier molecular flexibility index (Phi) is 6.29. The summed E-state index contributed by atoms with van der Waals surface area (Å²) in [6, 6.07) is 8.13. The van der Waals surface area contributed by atoms with Crippen LogP contribution in [0.4, 0.5) is 0 Å². The highest BCUT2D eigenvalue weighted by Gasteiger charge is 2.38. The Bertz CT molecular complexity index is 1290. The summed E-state index contributed by atoms with van der Waals surface area (Å²) < 4.78 is 20.2. The van der Waals surface area contributed by atoms with E-state index in [1.807, 2.05) is 31.0 Å². The second-order valence-corrected chi connectivity index (χ2v) is 10.7. The molecule has 2 aliphatic heterocycles. The maximum atomic E-state index is 14.2. The van der Waals surface area contributed by atoms with Crippen LogP contribution in [0.25, 0.3) is 22.4 Å². The maximum Gasteiger partial charge on any atom is 0.271 e. The topological polar surface area (TPSA) is 65.8 Å². The molecule has 7 heteroatoms. The summed E-state index contributed by atoms with van der Waals surface area (Å²) in [7, 11) is 1.67. The van der Waals surface area contributed by atoms with Crippen molar-refractivity contribution in [3.63, 3.8) is 0 Å². The first-order valence-electron chi connectivity index (χ1n) is 12.6. The molecule has 0 aliphatic carbocycles. The van der Waals surface area contributed by atoms with Gasteiger partial charge in [0.15, 0.2) is 11.5 Å². The molecule has 5 rings (SSSR count). The van der Waals surface area contributed by atoms with Crippen LogP contribution in [0.1, 0.15) is 56.2 Å². The number of nitrogens with zero attached hydrogens (tertiary/aromatic N) is 3. The molecular formula is C29H35N3O4. The highest BCUT2D eigenvalue weighted by Crippen LogP contribution is 2.47. The Morgan fingerprint density at radius 3 is 2.58 bits per heavy atom. The number of aryl methyl sites for hydroxylation is 1. The summed E-state index contributed by atoms with van der Waals surface area (Å²) >= 11 is 0. The molecule has 2 aliphatic rings. The van der Waals surface area contributed by atoms with Gasteiger partial charge in [-0.25, -0.2) is 0 Å². The van der Waals surface area contributed by atoms with E-state index in [-0.39, 0.29) is 17.6 Å². The summed E-state index contributed by atoms with van der Waals surface area (Å²) in [5, 5.41) is 0. The fourth-order valence-electron chi connectivity index (χ4n) is 5.35. The fourth-order valence-corrected chi connectivity index (χ4v) is 5.35. The van der Waals surface area contributed by atoms with Gasteiger partial charge in [0, 0.05) is 53.3 Å². The van der Waals surface area contributed by atoms with Crippen molar-refractivity contribution in [1.82, 2.24) is 14.5 Å². The lowest BCUT2D eigenvalue weighted by molar-refractivity contribution is 0.0336. The summed E-state index contributed by atoms with van der Waals surface area (Å²) in [4.78, 5) is 20.5. The molecule has 3 aromatic rings. The van der Waals surface area contributed by atoms with E-state index in [1.54, 1.807) is 13.3 Å². The SMILES string of the molecule is COc1cc2c(cc1OC(C)C)-c1c(-c3cccnc3)c3c(n1CC2)C(=O)N(C(C)(C)C)CCOC3. The predicted octanol–water partition coefficient (Wildman–Crippen LogP) is 5.34. The molecule has 0 bridgehead atoms. The zero-order valence-electron chi connectivity index (χ0n) is 22.1. The van der Waals surface area contributed by atoms with E-state index in [2.05, 4.69) is 48.5 Å². The van der Waals surface area contributed by atoms with Gasteiger partial charge in [0.25, 0.3) is 5.91 Å². The molecule has 0 atom stereocenters. The molecule has 7 nitrogen and oxygen atoms in total. The molecule has 190 valence electrons. The number of hydrogen-bond acceptors (Lipinski definition) is 5. The van der Waals surface area contributed by atoms with Gasteiger partial charge in [-0.15, -0.1) is 0 Å². The highest BCUT2D eigenvalue weighted by molar-refractivity contribution is 6.01. The third kappa shape index (κ3) is 4.15. The van der Waals surface area contributed by atoms with E-state index in [4.69, 9.17) is 14.2 Å². The van der Waals surface area contributed by atoms with E-state index < -0.39 is 0 Å². The average Bonchev–Trinajstić information content (AvgIpc) is 3.15. The van der Waals surface area contributed by atoms with Gasteiger partial charge in [-0.2, -0.15) is 0 Å². The van der Waals surface area contributed by atoms with Gasteiger partial charge in [-0.1, -0.05) is 6.07 Å². The zero-order valence-corrected chi connectivity index (χ0v) is 22.1. The summed E-state index contributed by atoms with van der Waals surface area (Å²) in [5.41, 5.74) is 6.52. The minimum atomic E-state index is -0.327. The van der Waals surface area contributed by atoms with Crippen LogP contribution < -0.4 is 9.47 Å². The van der Waals surface area contributed by atoms with Crippen molar-refractivity contribution in [3.05, 3.63) is 53.5 Å². The molecule has 0 fully saturated rings. The van der Waals surface area contributed by atoms with Crippen molar-refractivity contribution in [2.45, 2.75) is 65.8 Å². The number of pyridine rings is 1. The standard InChI is InChI=1S/C29H35N3O4/c1-18(2)36-24-15-21-19(14-23(24)34-6)9-11-31-26(21)25(20-8-7-10-30-16-20)22-17-35-13-12-32(29(3,4)5)28(33)27(22)31/h7-8,10,14-16,18H,9,11-13,17H2,1-6H3. The molecule has 0 N–H and O–H groups in total. The van der Waals surface area contributed by atoms with Gasteiger partial charge >= 0.3 is 0 Å². The highest BCUT2D eigenvalue weighted by atomic mass is 16.5. The van der Waals surface area contributed by atoms with Crippen LogP contribution in [0, 0.1) is 0 Å². The second-order valence-electron chi connectivity index (χ2n) is 10.7. The van der Waals surface area contributed by atoms with Crippen LogP contribution in [-0.4, -0.2) is 52.3 Å². The number of fused-ring (bicyclic) bond motifs is 5. The number of rotatable bonds is 4. The molecule has 1 amide bonds. The average molecular weight is 490 g/mol. The Hall–Kier alpha value is -3.32. The minimum absolute atomic E-state index is 0.000622. The van der Waals surface area contributed by atoms with E-state index in [9.17, 15) is 4.79 Å². The van der Waals surface area contributed by atoms with Crippen molar-refractivity contribution >= 4 is 5.91 Å². The van der Waals surface area contributed by atoms with Crippen molar-refractivity contribution in [2.24, 2.45) is 0 Å². The largest absolute Gasteiger partial charge is 0.493 e. The van der Waals surface area contributed by atoms with Gasteiger partial charge in [-0.3, -0.25) is 9.78 Å². The lowest BCUT2D eigenvalue weighted by Gasteiger charge is -2.37. The quantitative estimate of drug-likeness (QED) is 0.495. The summed E-state index contributed by atoms with van der Waals surface area (Å²) in [6.07, 6.45) is 4.43. The van der Waals surface area contributed by atoms with Crippen LogP contribution in [-0.2, 0) is 24.3 Å². The molecular weight excluding hydrogens is 454 g/mol. The first-order valence-corrected chi connectivity index (χ1v) is 12.6. The van der Waals surface area contributed by atoms with Crippen molar-refractivity contribution < 1.29 is 19.0 Å². The number of carbonyl (C=O) groups excluding carboxylic acids is 1. The normalized spacial score (nSPS) is 15.6. The Labute approximate surface area is 213 Å². The second kappa shape index (κ2) is 9.28.